The van der Waals surface area contributed by atoms with Crippen LogP contribution in [-0.2, 0) is 6.54 Å². The van der Waals surface area contributed by atoms with Gasteiger partial charge in [0.15, 0.2) is 11.5 Å². The van der Waals surface area contributed by atoms with Gasteiger partial charge in [0.25, 0.3) is 5.91 Å². The van der Waals surface area contributed by atoms with E-state index in [4.69, 9.17) is 9.47 Å². The highest BCUT2D eigenvalue weighted by Gasteiger charge is 2.22. The van der Waals surface area contributed by atoms with E-state index in [2.05, 4.69) is 4.98 Å². The smallest absolute Gasteiger partial charge is 0.270 e. The van der Waals surface area contributed by atoms with Crippen LogP contribution in [0.3, 0.4) is 0 Å². The highest BCUT2D eigenvalue weighted by atomic mass is 16.5. The largest absolute Gasteiger partial charge is 0.493 e. The first-order chi connectivity index (χ1) is 13.5. The number of hydrogen-bond acceptors (Lipinski definition) is 4. The van der Waals surface area contributed by atoms with E-state index in [0.29, 0.717) is 23.7 Å². The number of H-pyrrole nitrogens is 1. The van der Waals surface area contributed by atoms with Crippen molar-refractivity contribution in [3.63, 3.8) is 0 Å². The molecule has 0 saturated carbocycles. The lowest BCUT2D eigenvalue weighted by Crippen LogP contribution is -2.33. The minimum Gasteiger partial charge on any atom is -0.493 e. The summed E-state index contributed by atoms with van der Waals surface area (Å²) in [5, 5.41) is 10.5. The third kappa shape index (κ3) is 3.68. The van der Waals surface area contributed by atoms with Gasteiger partial charge in [-0.15, -0.1) is 0 Å². The summed E-state index contributed by atoms with van der Waals surface area (Å²) >= 11 is 0. The summed E-state index contributed by atoms with van der Waals surface area (Å²) in [6, 6.07) is 11.6. The van der Waals surface area contributed by atoms with Crippen LogP contribution < -0.4 is 9.47 Å². The quantitative estimate of drug-likeness (QED) is 0.656. The summed E-state index contributed by atoms with van der Waals surface area (Å²) in [5.41, 5.74) is 4.42. The van der Waals surface area contributed by atoms with Crippen LogP contribution in [0.4, 0.5) is 0 Å². The molecule has 1 heterocycles. The van der Waals surface area contributed by atoms with E-state index >= 15 is 0 Å². The number of aromatic nitrogens is 1. The number of fused-ring (bicyclic) bond motifs is 1. The minimum absolute atomic E-state index is 0.114. The Kier molecular flexibility index (Phi) is 5.90. The summed E-state index contributed by atoms with van der Waals surface area (Å²) in [6.45, 7) is 4.44. The molecule has 0 bridgehead atoms. The molecule has 0 aliphatic carbocycles. The number of ether oxygens (including phenoxy) is 2. The monoisotopic (exact) mass is 382 g/mol. The normalized spacial score (nSPS) is 10.9. The maximum Gasteiger partial charge on any atom is 0.270 e. The number of aliphatic hydroxyl groups is 1. The lowest BCUT2D eigenvalue weighted by Gasteiger charge is -2.22. The zero-order chi connectivity index (χ0) is 20.3. The molecule has 0 aliphatic rings. The van der Waals surface area contributed by atoms with Gasteiger partial charge in [0.05, 0.1) is 20.8 Å². The number of nitrogens with zero attached hydrogens (tertiary/aromatic N) is 1. The Morgan fingerprint density at radius 2 is 1.86 bits per heavy atom. The molecule has 0 spiro atoms. The highest BCUT2D eigenvalue weighted by molar-refractivity contribution is 6.01. The number of hydrogen-bond donors (Lipinski definition) is 2. The van der Waals surface area contributed by atoms with Gasteiger partial charge in [-0.05, 0) is 42.7 Å². The van der Waals surface area contributed by atoms with Crippen LogP contribution in [0.5, 0.6) is 11.5 Å². The van der Waals surface area contributed by atoms with E-state index in [9.17, 15) is 9.90 Å². The molecule has 3 aromatic rings. The van der Waals surface area contributed by atoms with Gasteiger partial charge in [-0.25, -0.2) is 0 Å². The molecule has 2 N–H and O–H groups in total. The molecule has 6 nitrogen and oxygen atoms in total. The number of aromatic amines is 1. The van der Waals surface area contributed by atoms with Crippen LogP contribution in [-0.4, -0.2) is 48.3 Å². The second kappa shape index (κ2) is 8.35. The number of aliphatic hydroxyl groups excluding tert-OH is 1. The summed E-state index contributed by atoms with van der Waals surface area (Å²) < 4.78 is 10.6. The van der Waals surface area contributed by atoms with E-state index in [1.165, 1.54) is 0 Å². The van der Waals surface area contributed by atoms with E-state index in [-0.39, 0.29) is 19.1 Å². The highest BCUT2D eigenvalue weighted by Crippen LogP contribution is 2.29. The number of carbonyl (C=O) groups is 1. The molecule has 0 saturated heterocycles. The summed E-state index contributed by atoms with van der Waals surface area (Å²) in [4.78, 5) is 18.2. The van der Waals surface area contributed by atoms with Gasteiger partial charge in [-0.1, -0.05) is 24.3 Å². The maximum absolute atomic E-state index is 13.2. The standard InChI is InChI=1S/C22H26N2O4/c1-14-6-5-7-17-15(2)21(23-20(14)17)22(26)24(10-11-25)13-16-8-9-18(27-3)19(12-16)28-4/h5-9,12,23,25H,10-11,13H2,1-4H3. The maximum atomic E-state index is 13.2. The van der Waals surface area contributed by atoms with Gasteiger partial charge in [0, 0.05) is 24.0 Å². The first-order valence-corrected chi connectivity index (χ1v) is 9.19. The van der Waals surface area contributed by atoms with Crippen molar-refractivity contribution >= 4 is 16.8 Å². The third-order valence-electron chi connectivity index (χ3n) is 4.99. The summed E-state index contributed by atoms with van der Waals surface area (Å²) in [6.07, 6.45) is 0. The lowest BCUT2D eigenvalue weighted by molar-refractivity contribution is 0.0702. The van der Waals surface area contributed by atoms with E-state index in [1.54, 1.807) is 19.1 Å². The topological polar surface area (TPSA) is 74.8 Å². The van der Waals surface area contributed by atoms with Gasteiger partial charge in [0.1, 0.15) is 5.69 Å². The SMILES string of the molecule is COc1ccc(CN(CCO)C(=O)c2[nH]c3c(C)cccc3c2C)cc1OC. The molecule has 1 amide bonds. The fourth-order valence-electron chi connectivity index (χ4n) is 3.44. The molecule has 0 radical (unpaired) electrons. The Bertz CT molecular complexity index is 994. The van der Waals surface area contributed by atoms with Crippen molar-refractivity contribution in [3.8, 4) is 11.5 Å². The van der Waals surface area contributed by atoms with Crippen LogP contribution in [0.15, 0.2) is 36.4 Å². The molecule has 6 heteroatoms. The fourth-order valence-corrected chi connectivity index (χ4v) is 3.44. The number of para-hydroxylation sites is 1. The number of rotatable bonds is 7. The fraction of sp³-hybridized carbons (Fsp3) is 0.318. The van der Waals surface area contributed by atoms with Gasteiger partial charge >= 0.3 is 0 Å². The first kappa shape index (κ1) is 19.8. The molecule has 0 aliphatic heterocycles. The zero-order valence-corrected chi connectivity index (χ0v) is 16.7. The van der Waals surface area contributed by atoms with E-state index in [0.717, 1.165) is 27.6 Å². The van der Waals surface area contributed by atoms with Crippen molar-refractivity contribution in [2.24, 2.45) is 0 Å². The Morgan fingerprint density at radius 1 is 1.11 bits per heavy atom. The van der Waals surface area contributed by atoms with Crippen molar-refractivity contribution in [2.45, 2.75) is 20.4 Å². The molecule has 3 rings (SSSR count). The zero-order valence-electron chi connectivity index (χ0n) is 16.7. The van der Waals surface area contributed by atoms with E-state index in [1.807, 2.05) is 50.2 Å². The predicted molar refractivity (Wildman–Crippen MR) is 109 cm³/mol. The van der Waals surface area contributed by atoms with Crippen LogP contribution in [0, 0.1) is 13.8 Å². The Morgan fingerprint density at radius 3 is 2.50 bits per heavy atom. The van der Waals surface area contributed by atoms with Crippen LogP contribution >= 0.6 is 0 Å². The third-order valence-corrected chi connectivity index (χ3v) is 4.99. The molecule has 0 atom stereocenters. The number of aryl methyl sites for hydroxylation is 2. The van der Waals surface area contributed by atoms with Crippen molar-refractivity contribution in [1.29, 1.82) is 0 Å². The van der Waals surface area contributed by atoms with Crippen LogP contribution in [0.25, 0.3) is 10.9 Å². The van der Waals surface area contributed by atoms with Crippen molar-refractivity contribution in [1.82, 2.24) is 9.88 Å². The van der Waals surface area contributed by atoms with Crippen molar-refractivity contribution < 1.29 is 19.4 Å². The van der Waals surface area contributed by atoms with Crippen molar-refractivity contribution in [2.75, 3.05) is 27.4 Å². The minimum atomic E-state index is -0.142. The average Bonchev–Trinajstić information content (AvgIpc) is 3.05. The molecular weight excluding hydrogens is 356 g/mol. The Hall–Kier alpha value is -2.99. The molecule has 28 heavy (non-hydrogen) atoms. The van der Waals surface area contributed by atoms with E-state index < -0.39 is 0 Å². The van der Waals surface area contributed by atoms with Crippen LogP contribution in [0.1, 0.15) is 27.2 Å². The molecule has 1 aromatic heterocycles. The molecular formula is C22H26N2O4. The Labute approximate surface area is 164 Å². The number of nitrogens with one attached hydrogen (secondary N) is 1. The van der Waals surface area contributed by atoms with Crippen LogP contribution in [0.2, 0.25) is 0 Å². The number of carbonyl (C=O) groups excluding carboxylic acids is 1. The molecule has 148 valence electrons. The number of amides is 1. The second-order valence-electron chi connectivity index (χ2n) is 6.76. The summed E-state index contributed by atoms with van der Waals surface area (Å²) in [5.74, 6) is 1.10. The predicted octanol–water partition coefficient (Wildman–Crippen LogP) is 3.44. The average molecular weight is 382 g/mol. The molecule has 0 fully saturated rings. The molecule has 2 aromatic carbocycles. The van der Waals surface area contributed by atoms with Gasteiger partial charge < -0.3 is 24.5 Å². The first-order valence-electron chi connectivity index (χ1n) is 9.19. The second-order valence-corrected chi connectivity index (χ2v) is 6.76. The van der Waals surface area contributed by atoms with Gasteiger partial charge in [-0.3, -0.25) is 4.79 Å². The number of methoxy groups -OCH3 is 2. The lowest BCUT2D eigenvalue weighted by atomic mass is 10.1. The van der Waals surface area contributed by atoms with Gasteiger partial charge in [0.2, 0.25) is 0 Å². The van der Waals surface area contributed by atoms with Crippen molar-refractivity contribution in [3.05, 3.63) is 58.8 Å². The van der Waals surface area contributed by atoms with Gasteiger partial charge in [-0.2, -0.15) is 0 Å². The Balaban J connectivity index is 1.93. The number of benzene rings is 2. The summed E-state index contributed by atoms with van der Waals surface area (Å²) in [7, 11) is 3.16. The molecule has 0 unspecified atom stereocenters.